The van der Waals surface area contributed by atoms with E-state index in [2.05, 4.69) is 4.98 Å². The molecule has 0 bridgehead atoms. The molecular weight excluding hydrogens is 260 g/mol. The van der Waals surface area contributed by atoms with Crippen molar-refractivity contribution in [2.45, 2.75) is 12.6 Å². The molecule has 0 saturated carbocycles. The van der Waals surface area contributed by atoms with Gasteiger partial charge in [-0.3, -0.25) is 13.9 Å². The van der Waals surface area contributed by atoms with Gasteiger partial charge in [0.2, 0.25) is 5.28 Å². The molecule has 1 aliphatic rings. The number of nitrogens with zero attached hydrogens (tertiary/aromatic N) is 4. The zero-order valence-electron chi connectivity index (χ0n) is 9.88. The first-order valence-corrected chi connectivity index (χ1v) is 5.82. The number of aryl methyl sites for hydroxylation is 1. The summed E-state index contributed by atoms with van der Waals surface area (Å²) in [6.45, 7) is 1.13. The van der Waals surface area contributed by atoms with E-state index in [1.54, 1.807) is 11.6 Å². The first kappa shape index (κ1) is 11.5. The van der Waals surface area contributed by atoms with Crippen LogP contribution in [0.2, 0.25) is 5.28 Å². The van der Waals surface area contributed by atoms with Crippen molar-refractivity contribution in [1.82, 2.24) is 18.7 Å². The minimum Gasteiger partial charge on any atom is -0.371 e. The van der Waals surface area contributed by atoms with Crippen molar-refractivity contribution in [2.75, 3.05) is 6.61 Å². The molecule has 1 saturated heterocycles. The molecule has 8 heteroatoms. The van der Waals surface area contributed by atoms with E-state index in [1.165, 1.54) is 11.6 Å². The maximum absolute atomic E-state index is 12.1. The van der Waals surface area contributed by atoms with Gasteiger partial charge in [0.25, 0.3) is 5.56 Å². The summed E-state index contributed by atoms with van der Waals surface area (Å²) in [6.07, 6.45) is 0.0711. The molecule has 2 aromatic heterocycles. The van der Waals surface area contributed by atoms with Crippen LogP contribution >= 0.6 is 11.6 Å². The standard InChI is InChI=1S/C10H11ClN4O3/c1-13-7-6(8(16)14(2)10(13)17)15(9(11)12-7)3-5-4-18-5/h5H,3-4H2,1-2H3/t5-/m0/s1. The lowest BCUT2D eigenvalue weighted by Gasteiger charge is -2.05. The van der Waals surface area contributed by atoms with Gasteiger partial charge in [-0.15, -0.1) is 0 Å². The molecule has 0 aliphatic carbocycles. The Morgan fingerprint density at radius 2 is 2.06 bits per heavy atom. The van der Waals surface area contributed by atoms with Crippen LogP contribution in [0.25, 0.3) is 11.2 Å². The topological polar surface area (TPSA) is 74.3 Å². The van der Waals surface area contributed by atoms with E-state index in [1.807, 2.05) is 0 Å². The maximum Gasteiger partial charge on any atom is 0.332 e. The summed E-state index contributed by atoms with van der Waals surface area (Å²) in [5.41, 5.74) is -0.182. The van der Waals surface area contributed by atoms with Crippen molar-refractivity contribution in [3.63, 3.8) is 0 Å². The van der Waals surface area contributed by atoms with Crippen LogP contribution < -0.4 is 11.2 Å². The summed E-state index contributed by atoms with van der Waals surface area (Å²) in [5, 5.41) is 0.193. The number of ether oxygens (including phenoxy) is 1. The molecule has 1 fully saturated rings. The molecule has 96 valence electrons. The normalized spacial score (nSPS) is 18.5. The van der Waals surface area contributed by atoms with E-state index >= 15 is 0 Å². The number of fused-ring (bicyclic) bond motifs is 1. The second-order valence-electron chi connectivity index (χ2n) is 4.32. The Hall–Kier alpha value is -1.60. The van der Waals surface area contributed by atoms with Gasteiger partial charge in [0.15, 0.2) is 11.2 Å². The SMILES string of the molecule is Cn1c(=O)c2c(nc(Cl)n2C[C@H]2CO2)n(C)c1=O. The zero-order valence-corrected chi connectivity index (χ0v) is 10.6. The summed E-state index contributed by atoms with van der Waals surface area (Å²) < 4.78 is 9.08. The number of hydrogen-bond acceptors (Lipinski definition) is 4. The highest BCUT2D eigenvalue weighted by molar-refractivity contribution is 6.29. The largest absolute Gasteiger partial charge is 0.371 e. The minimum atomic E-state index is -0.420. The summed E-state index contributed by atoms with van der Waals surface area (Å²) in [7, 11) is 2.99. The van der Waals surface area contributed by atoms with Gasteiger partial charge in [-0.2, -0.15) is 4.98 Å². The van der Waals surface area contributed by atoms with E-state index < -0.39 is 11.2 Å². The average Bonchev–Trinajstić information content (AvgIpc) is 3.09. The summed E-state index contributed by atoms with van der Waals surface area (Å²) >= 11 is 6.02. The molecule has 7 nitrogen and oxygen atoms in total. The van der Waals surface area contributed by atoms with Gasteiger partial charge in [0.1, 0.15) is 0 Å². The Kier molecular flexibility index (Phi) is 2.36. The fourth-order valence-corrected chi connectivity index (χ4v) is 2.20. The lowest BCUT2D eigenvalue weighted by Crippen LogP contribution is -2.37. The summed E-state index contributed by atoms with van der Waals surface area (Å²) in [5.74, 6) is 0. The molecule has 0 N–H and O–H groups in total. The van der Waals surface area contributed by atoms with E-state index in [0.29, 0.717) is 24.3 Å². The Balaban J connectivity index is 2.40. The highest BCUT2D eigenvalue weighted by atomic mass is 35.5. The van der Waals surface area contributed by atoms with Crippen LogP contribution in [0.15, 0.2) is 9.59 Å². The summed E-state index contributed by atoms with van der Waals surface area (Å²) in [6, 6.07) is 0. The third-order valence-corrected chi connectivity index (χ3v) is 3.38. The van der Waals surface area contributed by atoms with Crippen LogP contribution in [0.5, 0.6) is 0 Å². The van der Waals surface area contributed by atoms with Gasteiger partial charge >= 0.3 is 5.69 Å². The first-order chi connectivity index (χ1) is 8.50. The van der Waals surface area contributed by atoms with Crippen molar-refractivity contribution in [1.29, 1.82) is 0 Å². The lowest BCUT2D eigenvalue weighted by molar-refractivity contribution is 0.385. The second-order valence-corrected chi connectivity index (χ2v) is 4.66. The molecule has 1 aliphatic heterocycles. The van der Waals surface area contributed by atoms with Crippen LogP contribution in [0.4, 0.5) is 0 Å². The lowest BCUT2D eigenvalue weighted by atomic mass is 10.4. The van der Waals surface area contributed by atoms with E-state index in [9.17, 15) is 9.59 Å². The smallest absolute Gasteiger partial charge is 0.332 e. The fraction of sp³-hybridized carbons (Fsp3) is 0.500. The first-order valence-electron chi connectivity index (χ1n) is 5.44. The molecule has 0 aromatic carbocycles. The predicted molar refractivity (Wildman–Crippen MR) is 65.0 cm³/mol. The molecule has 0 unspecified atom stereocenters. The Bertz CT molecular complexity index is 753. The highest BCUT2D eigenvalue weighted by Crippen LogP contribution is 2.20. The van der Waals surface area contributed by atoms with Crippen LogP contribution in [-0.2, 0) is 25.4 Å². The second kappa shape index (κ2) is 3.69. The average molecular weight is 271 g/mol. The van der Waals surface area contributed by atoms with Gasteiger partial charge in [-0.25, -0.2) is 4.79 Å². The predicted octanol–water partition coefficient (Wildman–Crippen LogP) is -0.514. The van der Waals surface area contributed by atoms with Crippen molar-refractivity contribution >= 4 is 22.8 Å². The monoisotopic (exact) mass is 270 g/mol. The number of epoxide rings is 1. The van der Waals surface area contributed by atoms with Gasteiger partial charge in [-0.1, -0.05) is 0 Å². The van der Waals surface area contributed by atoms with Crippen LogP contribution in [-0.4, -0.2) is 31.4 Å². The molecule has 0 amide bonds. The highest BCUT2D eigenvalue weighted by Gasteiger charge is 2.27. The van der Waals surface area contributed by atoms with Crippen LogP contribution in [0, 0.1) is 0 Å². The maximum atomic E-state index is 12.1. The number of imidazole rings is 1. The summed E-state index contributed by atoms with van der Waals surface area (Å²) in [4.78, 5) is 28.0. The number of halogens is 1. The third-order valence-electron chi connectivity index (χ3n) is 3.09. The fourth-order valence-electron chi connectivity index (χ4n) is 1.96. The molecular formula is C10H11ClN4O3. The molecule has 0 spiro atoms. The van der Waals surface area contributed by atoms with Gasteiger partial charge < -0.3 is 9.30 Å². The van der Waals surface area contributed by atoms with Crippen molar-refractivity contribution in [3.8, 4) is 0 Å². The van der Waals surface area contributed by atoms with Crippen molar-refractivity contribution in [2.24, 2.45) is 14.1 Å². The van der Waals surface area contributed by atoms with Gasteiger partial charge in [0.05, 0.1) is 19.3 Å². The Labute approximate surface area is 106 Å². The quantitative estimate of drug-likeness (QED) is 0.544. The molecule has 2 aromatic rings. The number of hydrogen-bond donors (Lipinski definition) is 0. The van der Waals surface area contributed by atoms with Crippen LogP contribution in [0.3, 0.4) is 0 Å². The zero-order chi connectivity index (χ0) is 13.0. The van der Waals surface area contributed by atoms with Gasteiger partial charge in [0, 0.05) is 14.1 Å². The van der Waals surface area contributed by atoms with Gasteiger partial charge in [-0.05, 0) is 11.6 Å². The third kappa shape index (κ3) is 1.51. The minimum absolute atomic E-state index is 0.0711. The Morgan fingerprint density at radius 3 is 2.67 bits per heavy atom. The van der Waals surface area contributed by atoms with E-state index in [4.69, 9.17) is 16.3 Å². The molecule has 3 heterocycles. The van der Waals surface area contributed by atoms with Crippen molar-refractivity contribution < 1.29 is 4.74 Å². The molecule has 0 radical (unpaired) electrons. The molecule has 3 rings (SSSR count). The number of rotatable bonds is 2. The molecule has 1 atom stereocenters. The number of aromatic nitrogens is 4. The van der Waals surface area contributed by atoms with E-state index in [-0.39, 0.29) is 11.4 Å². The molecule has 18 heavy (non-hydrogen) atoms. The Morgan fingerprint density at radius 1 is 1.39 bits per heavy atom. The van der Waals surface area contributed by atoms with Crippen LogP contribution in [0.1, 0.15) is 0 Å². The van der Waals surface area contributed by atoms with Crippen molar-refractivity contribution in [3.05, 3.63) is 26.1 Å². The van der Waals surface area contributed by atoms with E-state index in [0.717, 1.165) is 4.57 Å².